The predicted molar refractivity (Wildman–Crippen MR) is 84.5 cm³/mol. The summed E-state index contributed by atoms with van der Waals surface area (Å²) in [6.45, 7) is 5.16. The Labute approximate surface area is 138 Å². The molecule has 0 spiro atoms. The SMILES string of the molecule is COc1cccc(C[NH2+]C(C)(C)Cc2ccccc2)c1O.[Cl-]. The van der Waals surface area contributed by atoms with E-state index in [0.29, 0.717) is 5.75 Å². The number of phenols is 1. The quantitative estimate of drug-likeness (QED) is 0.753. The molecule has 0 aliphatic heterocycles. The molecule has 2 aromatic rings. The Morgan fingerprint density at radius 3 is 2.36 bits per heavy atom. The lowest BCUT2D eigenvalue weighted by Gasteiger charge is -2.23. The highest BCUT2D eigenvalue weighted by Gasteiger charge is 2.22. The second-order valence-corrected chi connectivity index (χ2v) is 6.03. The van der Waals surface area contributed by atoms with E-state index in [1.165, 1.54) is 5.56 Å². The molecule has 0 fully saturated rings. The van der Waals surface area contributed by atoms with E-state index in [1.807, 2.05) is 18.2 Å². The Balaban J connectivity index is 0.00000242. The molecule has 22 heavy (non-hydrogen) atoms. The molecule has 0 bridgehead atoms. The fourth-order valence-corrected chi connectivity index (χ4v) is 2.48. The lowest BCUT2D eigenvalue weighted by atomic mass is 9.94. The van der Waals surface area contributed by atoms with E-state index in [9.17, 15) is 5.11 Å². The van der Waals surface area contributed by atoms with Crippen LogP contribution in [0.1, 0.15) is 25.0 Å². The van der Waals surface area contributed by atoms with E-state index < -0.39 is 0 Å². The standard InChI is InChI=1S/C18H23NO2.ClH/c1-18(2,12-14-8-5-4-6-9-14)19-13-15-10-7-11-16(21-3)17(15)20;/h4-11,19-20H,12-13H2,1-3H3;1H. The van der Waals surface area contributed by atoms with Crippen LogP contribution < -0.4 is 22.5 Å². The second-order valence-electron chi connectivity index (χ2n) is 6.03. The van der Waals surface area contributed by atoms with Gasteiger partial charge < -0.3 is 27.6 Å². The summed E-state index contributed by atoms with van der Waals surface area (Å²) in [5.41, 5.74) is 2.29. The minimum absolute atomic E-state index is 0. The predicted octanol–water partition coefficient (Wildman–Crippen LogP) is -0.510. The first kappa shape index (κ1) is 18.3. The van der Waals surface area contributed by atoms with Gasteiger partial charge in [-0.15, -0.1) is 0 Å². The molecule has 2 aromatic carbocycles. The molecule has 0 aliphatic rings. The molecule has 0 aliphatic carbocycles. The molecule has 0 saturated heterocycles. The van der Waals surface area contributed by atoms with Gasteiger partial charge in [-0.25, -0.2) is 0 Å². The zero-order chi connectivity index (χ0) is 15.3. The number of nitrogens with two attached hydrogens (primary N) is 1. The lowest BCUT2D eigenvalue weighted by Crippen LogP contribution is -3.00. The van der Waals surface area contributed by atoms with Crippen LogP contribution in [0.4, 0.5) is 0 Å². The number of para-hydroxylation sites is 1. The first-order valence-corrected chi connectivity index (χ1v) is 7.25. The topological polar surface area (TPSA) is 46.1 Å². The molecule has 0 heterocycles. The average molecular weight is 322 g/mol. The first-order valence-electron chi connectivity index (χ1n) is 7.25. The number of methoxy groups -OCH3 is 1. The number of benzene rings is 2. The minimum atomic E-state index is 0. The largest absolute Gasteiger partial charge is 1.00 e. The fourth-order valence-electron chi connectivity index (χ4n) is 2.48. The van der Waals surface area contributed by atoms with E-state index in [-0.39, 0.29) is 23.7 Å². The number of halogens is 1. The Morgan fingerprint density at radius 2 is 1.73 bits per heavy atom. The van der Waals surface area contributed by atoms with Crippen LogP contribution in [0.15, 0.2) is 48.5 Å². The number of ether oxygens (including phenoxy) is 1. The number of aromatic hydroxyl groups is 1. The van der Waals surface area contributed by atoms with Crippen LogP contribution in [0.5, 0.6) is 11.5 Å². The van der Waals surface area contributed by atoms with Crippen molar-refractivity contribution in [2.24, 2.45) is 0 Å². The Kier molecular flexibility index (Phi) is 6.72. The highest BCUT2D eigenvalue weighted by molar-refractivity contribution is 5.44. The van der Waals surface area contributed by atoms with Gasteiger partial charge in [-0.2, -0.15) is 0 Å². The zero-order valence-corrected chi connectivity index (χ0v) is 14.1. The van der Waals surface area contributed by atoms with E-state index >= 15 is 0 Å². The molecule has 0 unspecified atom stereocenters. The summed E-state index contributed by atoms with van der Waals surface area (Å²) in [7, 11) is 1.57. The lowest BCUT2D eigenvalue weighted by molar-refractivity contribution is -0.734. The van der Waals surface area contributed by atoms with Crippen LogP contribution in [0.25, 0.3) is 0 Å². The number of rotatable bonds is 6. The molecule has 120 valence electrons. The molecule has 0 saturated carbocycles. The number of phenolic OH excluding ortho intramolecular Hbond substituents is 1. The van der Waals surface area contributed by atoms with E-state index in [2.05, 4.69) is 43.4 Å². The summed E-state index contributed by atoms with van der Waals surface area (Å²) in [5, 5.41) is 12.4. The summed E-state index contributed by atoms with van der Waals surface area (Å²) < 4.78 is 5.15. The van der Waals surface area contributed by atoms with Crippen molar-refractivity contribution >= 4 is 0 Å². The second kappa shape index (κ2) is 8.06. The molecule has 3 nitrogen and oxygen atoms in total. The van der Waals surface area contributed by atoms with Crippen molar-refractivity contribution in [1.82, 2.24) is 0 Å². The van der Waals surface area contributed by atoms with Crippen molar-refractivity contribution in [1.29, 1.82) is 0 Å². The van der Waals surface area contributed by atoms with E-state index in [0.717, 1.165) is 18.5 Å². The highest BCUT2D eigenvalue weighted by Crippen LogP contribution is 2.28. The highest BCUT2D eigenvalue weighted by atomic mass is 35.5. The molecule has 0 amide bonds. The Bertz CT molecular complexity index is 585. The van der Waals surface area contributed by atoms with Crippen molar-refractivity contribution in [3.8, 4) is 11.5 Å². The number of hydrogen-bond donors (Lipinski definition) is 2. The van der Waals surface area contributed by atoms with Gasteiger partial charge in [0, 0.05) is 6.42 Å². The maximum atomic E-state index is 10.1. The Hall–Kier alpha value is -1.71. The summed E-state index contributed by atoms with van der Waals surface area (Å²) in [4.78, 5) is 0. The molecule has 2 rings (SSSR count). The van der Waals surface area contributed by atoms with Crippen LogP contribution >= 0.6 is 0 Å². The average Bonchev–Trinajstić information content (AvgIpc) is 2.47. The van der Waals surface area contributed by atoms with Crippen LogP contribution in [-0.2, 0) is 13.0 Å². The minimum Gasteiger partial charge on any atom is -1.00 e. The van der Waals surface area contributed by atoms with Gasteiger partial charge >= 0.3 is 0 Å². The van der Waals surface area contributed by atoms with Gasteiger partial charge in [0.25, 0.3) is 0 Å². The van der Waals surface area contributed by atoms with Gasteiger partial charge in [-0.3, -0.25) is 0 Å². The number of hydrogen-bond acceptors (Lipinski definition) is 2. The third-order valence-corrected chi connectivity index (χ3v) is 3.68. The molecular weight excluding hydrogens is 298 g/mol. The van der Waals surface area contributed by atoms with Gasteiger partial charge in [-0.05, 0) is 31.5 Å². The van der Waals surface area contributed by atoms with Gasteiger partial charge in [0.15, 0.2) is 11.5 Å². The van der Waals surface area contributed by atoms with Gasteiger partial charge in [0.2, 0.25) is 0 Å². The van der Waals surface area contributed by atoms with E-state index in [4.69, 9.17) is 4.74 Å². The third-order valence-electron chi connectivity index (χ3n) is 3.68. The molecule has 3 N–H and O–H groups in total. The molecular formula is C18H24ClNO2. The maximum Gasteiger partial charge on any atom is 0.166 e. The normalized spacial score (nSPS) is 10.9. The smallest absolute Gasteiger partial charge is 0.166 e. The van der Waals surface area contributed by atoms with Crippen LogP contribution in [0.3, 0.4) is 0 Å². The maximum absolute atomic E-state index is 10.1. The van der Waals surface area contributed by atoms with Gasteiger partial charge in [0.05, 0.1) is 18.2 Å². The zero-order valence-electron chi connectivity index (χ0n) is 13.3. The first-order chi connectivity index (χ1) is 10.0. The van der Waals surface area contributed by atoms with Crippen molar-refractivity contribution in [3.05, 3.63) is 59.7 Å². The van der Waals surface area contributed by atoms with Crippen molar-refractivity contribution < 1.29 is 27.6 Å². The molecule has 0 radical (unpaired) electrons. The van der Waals surface area contributed by atoms with Gasteiger partial charge in [0.1, 0.15) is 6.54 Å². The summed E-state index contributed by atoms with van der Waals surface area (Å²) >= 11 is 0. The monoisotopic (exact) mass is 321 g/mol. The van der Waals surface area contributed by atoms with Crippen LogP contribution in [0.2, 0.25) is 0 Å². The number of quaternary nitrogens is 1. The summed E-state index contributed by atoms with van der Waals surface area (Å²) in [5.74, 6) is 0.772. The van der Waals surface area contributed by atoms with Crippen LogP contribution in [0, 0.1) is 0 Å². The Morgan fingerprint density at radius 1 is 1.05 bits per heavy atom. The van der Waals surface area contributed by atoms with Crippen molar-refractivity contribution in [2.45, 2.75) is 32.4 Å². The van der Waals surface area contributed by atoms with Gasteiger partial charge in [-0.1, -0.05) is 36.4 Å². The van der Waals surface area contributed by atoms with E-state index in [1.54, 1.807) is 13.2 Å². The molecule has 4 heteroatoms. The fraction of sp³-hybridized carbons (Fsp3) is 0.333. The van der Waals surface area contributed by atoms with Crippen LogP contribution in [-0.4, -0.2) is 17.8 Å². The molecule has 0 aromatic heterocycles. The van der Waals surface area contributed by atoms with Crippen molar-refractivity contribution in [3.63, 3.8) is 0 Å². The van der Waals surface area contributed by atoms with Crippen molar-refractivity contribution in [2.75, 3.05) is 7.11 Å². The summed E-state index contributed by atoms with van der Waals surface area (Å²) in [6, 6.07) is 16.1. The summed E-state index contributed by atoms with van der Waals surface area (Å²) in [6.07, 6.45) is 0.985. The molecule has 0 atom stereocenters. The third kappa shape index (κ3) is 4.93.